The highest BCUT2D eigenvalue weighted by atomic mass is 19.2. The summed E-state index contributed by atoms with van der Waals surface area (Å²) in [5.74, 6) is -0.239. The summed E-state index contributed by atoms with van der Waals surface area (Å²) >= 11 is 0. The smallest absolute Gasteiger partial charge is 0.201 e. The summed E-state index contributed by atoms with van der Waals surface area (Å²) in [6.07, 6.45) is 9.60. The van der Waals surface area contributed by atoms with E-state index in [-0.39, 0.29) is 5.75 Å². The van der Waals surface area contributed by atoms with Gasteiger partial charge in [0.05, 0.1) is 7.11 Å². The zero-order chi connectivity index (χ0) is 15.0. The maximum Gasteiger partial charge on any atom is 0.201 e. The molecule has 0 aliphatic heterocycles. The number of methoxy groups -OCH3 is 1. The minimum absolute atomic E-state index is 0.0374. The van der Waals surface area contributed by atoms with Crippen molar-refractivity contribution in [2.45, 2.75) is 26.2 Å². The van der Waals surface area contributed by atoms with Crippen molar-refractivity contribution in [2.24, 2.45) is 17.8 Å². The molecule has 3 rings (SSSR count). The van der Waals surface area contributed by atoms with Crippen molar-refractivity contribution in [3.63, 3.8) is 0 Å². The lowest BCUT2D eigenvalue weighted by atomic mass is 9.86. The van der Waals surface area contributed by atoms with Crippen LogP contribution in [0.1, 0.15) is 31.7 Å². The lowest BCUT2D eigenvalue weighted by molar-refractivity contribution is 0.371. The molecular weight excluding hydrogens is 270 g/mol. The Hall–Kier alpha value is -1.64. The second-order valence-corrected chi connectivity index (χ2v) is 5.88. The van der Waals surface area contributed by atoms with Crippen LogP contribution < -0.4 is 4.74 Å². The minimum Gasteiger partial charge on any atom is -0.494 e. The quantitative estimate of drug-likeness (QED) is 0.713. The Morgan fingerprint density at radius 2 is 2.00 bits per heavy atom. The molecule has 0 spiro atoms. The minimum atomic E-state index is -0.887. The Morgan fingerprint density at radius 1 is 1.19 bits per heavy atom. The molecule has 3 heteroatoms. The first kappa shape index (κ1) is 14.3. The molecule has 3 unspecified atom stereocenters. The topological polar surface area (TPSA) is 9.23 Å². The second-order valence-electron chi connectivity index (χ2n) is 5.88. The molecule has 2 aliphatic rings. The van der Waals surface area contributed by atoms with E-state index in [2.05, 4.69) is 18.2 Å². The van der Waals surface area contributed by atoms with Gasteiger partial charge in [-0.05, 0) is 61.6 Å². The predicted molar refractivity (Wildman–Crippen MR) is 80.0 cm³/mol. The van der Waals surface area contributed by atoms with Crippen molar-refractivity contribution in [1.82, 2.24) is 0 Å². The average molecular weight is 290 g/mol. The molecule has 1 saturated carbocycles. The van der Waals surface area contributed by atoms with Crippen LogP contribution in [-0.4, -0.2) is 7.11 Å². The summed E-state index contributed by atoms with van der Waals surface area (Å²) in [5, 5.41) is 0. The molecule has 21 heavy (non-hydrogen) atoms. The number of hydrogen-bond donors (Lipinski definition) is 0. The van der Waals surface area contributed by atoms with Crippen LogP contribution >= 0.6 is 0 Å². The summed E-state index contributed by atoms with van der Waals surface area (Å²) < 4.78 is 33.0. The van der Waals surface area contributed by atoms with Gasteiger partial charge in [-0.25, -0.2) is 4.39 Å². The summed E-state index contributed by atoms with van der Waals surface area (Å²) in [7, 11) is 1.35. The van der Waals surface area contributed by atoms with E-state index in [1.807, 2.05) is 6.92 Å². The lowest BCUT2D eigenvalue weighted by Gasteiger charge is -2.18. The monoisotopic (exact) mass is 290 g/mol. The largest absolute Gasteiger partial charge is 0.494 e. The van der Waals surface area contributed by atoms with Crippen LogP contribution in [0.5, 0.6) is 5.75 Å². The Kier molecular flexibility index (Phi) is 3.83. The Balaban J connectivity index is 1.91. The number of ether oxygens (including phenoxy) is 1. The van der Waals surface area contributed by atoms with Crippen molar-refractivity contribution in [2.75, 3.05) is 7.11 Å². The Morgan fingerprint density at radius 3 is 2.71 bits per heavy atom. The van der Waals surface area contributed by atoms with Gasteiger partial charge in [0.1, 0.15) is 0 Å². The summed E-state index contributed by atoms with van der Waals surface area (Å²) in [5.41, 5.74) is 1.38. The molecule has 0 aromatic heterocycles. The van der Waals surface area contributed by atoms with Gasteiger partial charge in [0.25, 0.3) is 0 Å². The van der Waals surface area contributed by atoms with E-state index < -0.39 is 11.6 Å². The maximum atomic E-state index is 14.3. The van der Waals surface area contributed by atoms with Crippen LogP contribution in [0.4, 0.5) is 8.78 Å². The SMILES string of the molecule is CC=CC1CCC2C(c3ccc(OC)c(F)c3F)=CCC12. The molecule has 0 heterocycles. The average Bonchev–Trinajstić information content (AvgIpc) is 3.06. The van der Waals surface area contributed by atoms with E-state index in [9.17, 15) is 8.78 Å². The zero-order valence-corrected chi connectivity index (χ0v) is 12.4. The van der Waals surface area contributed by atoms with E-state index in [0.717, 1.165) is 24.8 Å². The van der Waals surface area contributed by atoms with Crippen molar-refractivity contribution in [3.05, 3.63) is 47.6 Å². The van der Waals surface area contributed by atoms with E-state index in [4.69, 9.17) is 4.74 Å². The van der Waals surface area contributed by atoms with Gasteiger partial charge in [-0.1, -0.05) is 18.2 Å². The maximum absolute atomic E-state index is 14.3. The number of benzene rings is 1. The fraction of sp³-hybridized carbons (Fsp3) is 0.444. The highest BCUT2D eigenvalue weighted by Crippen LogP contribution is 2.52. The molecule has 0 N–H and O–H groups in total. The lowest BCUT2D eigenvalue weighted by Crippen LogP contribution is -2.10. The van der Waals surface area contributed by atoms with Crippen molar-refractivity contribution in [3.8, 4) is 5.75 Å². The van der Waals surface area contributed by atoms with Crippen LogP contribution in [0.15, 0.2) is 30.4 Å². The van der Waals surface area contributed by atoms with Gasteiger partial charge in [0.2, 0.25) is 5.82 Å². The number of fused-ring (bicyclic) bond motifs is 1. The fourth-order valence-corrected chi connectivity index (χ4v) is 3.95. The number of hydrogen-bond acceptors (Lipinski definition) is 1. The second kappa shape index (κ2) is 5.63. The predicted octanol–water partition coefficient (Wildman–Crippen LogP) is 4.98. The summed E-state index contributed by atoms with van der Waals surface area (Å²) in [6, 6.07) is 3.16. The van der Waals surface area contributed by atoms with E-state index >= 15 is 0 Å². The molecule has 1 nitrogen and oxygen atoms in total. The van der Waals surface area contributed by atoms with E-state index in [1.54, 1.807) is 6.07 Å². The highest BCUT2D eigenvalue weighted by Gasteiger charge is 2.40. The van der Waals surface area contributed by atoms with E-state index in [0.29, 0.717) is 23.3 Å². The molecule has 2 aliphatic carbocycles. The third-order valence-corrected chi connectivity index (χ3v) is 4.90. The molecule has 1 aromatic rings. The van der Waals surface area contributed by atoms with Crippen molar-refractivity contribution >= 4 is 5.57 Å². The van der Waals surface area contributed by atoms with Crippen LogP contribution in [0.2, 0.25) is 0 Å². The number of rotatable bonds is 3. The first-order valence-corrected chi connectivity index (χ1v) is 7.52. The van der Waals surface area contributed by atoms with Gasteiger partial charge in [0, 0.05) is 5.56 Å². The van der Waals surface area contributed by atoms with Gasteiger partial charge in [-0.2, -0.15) is 4.39 Å². The molecule has 0 bridgehead atoms. The fourth-order valence-electron chi connectivity index (χ4n) is 3.95. The van der Waals surface area contributed by atoms with E-state index in [1.165, 1.54) is 13.2 Å². The zero-order valence-electron chi connectivity index (χ0n) is 12.4. The third-order valence-electron chi connectivity index (χ3n) is 4.90. The van der Waals surface area contributed by atoms with Gasteiger partial charge >= 0.3 is 0 Å². The van der Waals surface area contributed by atoms with Crippen molar-refractivity contribution < 1.29 is 13.5 Å². The van der Waals surface area contributed by atoms with Crippen LogP contribution in [-0.2, 0) is 0 Å². The van der Waals surface area contributed by atoms with Gasteiger partial charge in [-0.15, -0.1) is 0 Å². The summed E-state index contributed by atoms with van der Waals surface area (Å²) in [4.78, 5) is 0. The standard InChI is InChI=1S/C18H20F2O/c1-3-4-11-5-6-13-12(11)7-8-14(13)15-9-10-16(21-2)18(20)17(15)19/h3-4,8-13H,5-7H2,1-2H3. The van der Waals surface area contributed by atoms with Gasteiger partial charge in [-0.3, -0.25) is 0 Å². The molecule has 1 aromatic carbocycles. The Labute approximate surface area is 124 Å². The molecule has 0 radical (unpaired) electrons. The third kappa shape index (κ3) is 2.29. The van der Waals surface area contributed by atoms with Crippen molar-refractivity contribution in [1.29, 1.82) is 0 Å². The van der Waals surface area contributed by atoms with Crippen LogP contribution in [0, 0.1) is 29.4 Å². The Bertz CT molecular complexity index is 603. The van der Waals surface area contributed by atoms with Gasteiger partial charge in [0.15, 0.2) is 11.6 Å². The highest BCUT2D eigenvalue weighted by molar-refractivity contribution is 5.71. The molecule has 0 saturated heterocycles. The number of allylic oxidation sites excluding steroid dienone is 4. The molecule has 3 atom stereocenters. The molecular formula is C18H20F2O. The normalized spacial score (nSPS) is 28.0. The molecule has 1 fully saturated rings. The first-order chi connectivity index (χ1) is 10.2. The van der Waals surface area contributed by atoms with Gasteiger partial charge < -0.3 is 4.74 Å². The summed E-state index contributed by atoms with van der Waals surface area (Å²) in [6.45, 7) is 2.04. The first-order valence-electron chi connectivity index (χ1n) is 7.52. The number of halogens is 2. The van der Waals surface area contributed by atoms with Crippen LogP contribution in [0.3, 0.4) is 0 Å². The molecule has 0 amide bonds. The molecule has 112 valence electrons. The van der Waals surface area contributed by atoms with Crippen LogP contribution in [0.25, 0.3) is 5.57 Å².